The molecule has 2 aromatic carbocycles. The molecule has 0 aromatic heterocycles. The minimum atomic E-state index is 0.432. The summed E-state index contributed by atoms with van der Waals surface area (Å²) in [7, 11) is 3.08. The van der Waals surface area contributed by atoms with Crippen molar-refractivity contribution in [2.45, 2.75) is 0 Å². The molecule has 18 heavy (non-hydrogen) atoms. The molecule has 0 atom stereocenters. The second-order valence-electron chi connectivity index (χ2n) is 3.75. The number of benzene rings is 2. The van der Waals surface area contributed by atoms with Gasteiger partial charge in [0.1, 0.15) is 11.5 Å². The van der Waals surface area contributed by atoms with E-state index in [-0.39, 0.29) is 0 Å². The molecule has 0 aliphatic carbocycles. The van der Waals surface area contributed by atoms with Gasteiger partial charge in [-0.1, -0.05) is 30.3 Å². The van der Waals surface area contributed by atoms with Crippen molar-refractivity contribution in [2.24, 2.45) is 0 Å². The summed E-state index contributed by atoms with van der Waals surface area (Å²) in [5, 5.41) is 0. The molecule has 2 aromatic rings. The molecule has 0 N–H and O–H groups in total. The molecule has 0 aliphatic heterocycles. The minimum Gasteiger partial charge on any atom is -0.496 e. The van der Waals surface area contributed by atoms with Crippen molar-refractivity contribution in [2.75, 3.05) is 14.2 Å². The second kappa shape index (κ2) is 5.36. The van der Waals surface area contributed by atoms with Crippen molar-refractivity contribution in [1.29, 1.82) is 0 Å². The maximum atomic E-state index is 11.2. The Morgan fingerprint density at radius 2 is 1.67 bits per heavy atom. The molecular weight excluding hydrogens is 228 g/mol. The first-order chi connectivity index (χ1) is 8.81. The standard InChI is InChI=1S/C15H14O3/c1-17-14-9-8-12(11-6-4-3-5-7-11)15(18-2)13(14)10-16/h3-10H,1-2H3. The summed E-state index contributed by atoms with van der Waals surface area (Å²) in [4.78, 5) is 11.2. The Labute approximate surface area is 106 Å². The third-order valence-corrected chi connectivity index (χ3v) is 2.78. The van der Waals surface area contributed by atoms with Crippen LogP contribution in [-0.4, -0.2) is 20.5 Å². The van der Waals surface area contributed by atoms with Gasteiger partial charge in [0.15, 0.2) is 6.29 Å². The van der Waals surface area contributed by atoms with E-state index in [1.807, 2.05) is 36.4 Å². The summed E-state index contributed by atoms with van der Waals surface area (Å²) in [6, 6.07) is 13.4. The number of methoxy groups -OCH3 is 2. The van der Waals surface area contributed by atoms with E-state index in [1.165, 1.54) is 7.11 Å². The molecule has 0 saturated carbocycles. The second-order valence-corrected chi connectivity index (χ2v) is 3.75. The number of ether oxygens (including phenoxy) is 2. The lowest BCUT2D eigenvalue weighted by Crippen LogP contribution is -1.97. The summed E-state index contributed by atoms with van der Waals surface area (Å²) in [5.41, 5.74) is 2.31. The van der Waals surface area contributed by atoms with Crippen LogP contribution in [0.4, 0.5) is 0 Å². The van der Waals surface area contributed by atoms with Crippen LogP contribution in [0.3, 0.4) is 0 Å². The molecule has 0 aliphatic rings. The molecule has 0 saturated heterocycles. The van der Waals surface area contributed by atoms with E-state index in [9.17, 15) is 4.79 Å². The third-order valence-electron chi connectivity index (χ3n) is 2.78. The van der Waals surface area contributed by atoms with Crippen molar-refractivity contribution >= 4 is 6.29 Å². The Hall–Kier alpha value is -2.29. The first-order valence-electron chi connectivity index (χ1n) is 5.57. The molecule has 2 rings (SSSR count). The van der Waals surface area contributed by atoms with Gasteiger partial charge in [0.25, 0.3) is 0 Å². The number of rotatable bonds is 4. The zero-order valence-corrected chi connectivity index (χ0v) is 10.3. The maximum absolute atomic E-state index is 11.2. The fourth-order valence-electron chi connectivity index (χ4n) is 1.94. The van der Waals surface area contributed by atoms with E-state index >= 15 is 0 Å². The molecule has 3 nitrogen and oxygen atoms in total. The van der Waals surface area contributed by atoms with Crippen LogP contribution in [-0.2, 0) is 0 Å². The largest absolute Gasteiger partial charge is 0.496 e. The van der Waals surface area contributed by atoms with Crippen LogP contribution in [0.25, 0.3) is 11.1 Å². The van der Waals surface area contributed by atoms with Crippen molar-refractivity contribution < 1.29 is 14.3 Å². The van der Waals surface area contributed by atoms with Crippen LogP contribution < -0.4 is 9.47 Å². The van der Waals surface area contributed by atoms with E-state index in [4.69, 9.17) is 9.47 Å². The van der Waals surface area contributed by atoms with E-state index in [0.717, 1.165) is 17.4 Å². The van der Waals surface area contributed by atoms with Gasteiger partial charge in [-0.3, -0.25) is 4.79 Å². The molecular formula is C15H14O3. The number of hydrogen-bond donors (Lipinski definition) is 0. The van der Waals surface area contributed by atoms with Gasteiger partial charge >= 0.3 is 0 Å². The third kappa shape index (κ3) is 2.07. The highest BCUT2D eigenvalue weighted by Crippen LogP contribution is 2.37. The Kier molecular flexibility index (Phi) is 3.63. The molecule has 0 radical (unpaired) electrons. The number of carbonyl (C=O) groups excluding carboxylic acids is 1. The minimum absolute atomic E-state index is 0.432. The van der Waals surface area contributed by atoms with E-state index in [0.29, 0.717) is 17.1 Å². The SMILES string of the molecule is COc1ccc(-c2ccccc2)c(OC)c1C=O. The van der Waals surface area contributed by atoms with Crippen molar-refractivity contribution in [3.63, 3.8) is 0 Å². The highest BCUT2D eigenvalue weighted by Gasteiger charge is 2.15. The zero-order valence-electron chi connectivity index (χ0n) is 10.3. The van der Waals surface area contributed by atoms with Crippen molar-refractivity contribution in [3.8, 4) is 22.6 Å². The number of carbonyl (C=O) groups is 1. The van der Waals surface area contributed by atoms with E-state index in [2.05, 4.69) is 0 Å². The van der Waals surface area contributed by atoms with Gasteiger partial charge in [-0.2, -0.15) is 0 Å². The molecule has 0 unspecified atom stereocenters. The lowest BCUT2D eigenvalue weighted by atomic mass is 10.0. The van der Waals surface area contributed by atoms with Crippen LogP contribution in [0, 0.1) is 0 Å². The summed E-state index contributed by atoms with van der Waals surface area (Å²) in [6.45, 7) is 0. The lowest BCUT2D eigenvalue weighted by Gasteiger charge is -2.13. The van der Waals surface area contributed by atoms with Gasteiger partial charge in [-0.15, -0.1) is 0 Å². The molecule has 0 heterocycles. The van der Waals surface area contributed by atoms with Gasteiger partial charge in [0.2, 0.25) is 0 Å². The van der Waals surface area contributed by atoms with Gasteiger partial charge in [-0.25, -0.2) is 0 Å². The van der Waals surface area contributed by atoms with Gasteiger partial charge < -0.3 is 9.47 Å². The fraction of sp³-hybridized carbons (Fsp3) is 0.133. The predicted octanol–water partition coefficient (Wildman–Crippen LogP) is 3.18. The van der Waals surface area contributed by atoms with E-state index < -0.39 is 0 Å². The highest BCUT2D eigenvalue weighted by atomic mass is 16.5. The zero-order chi connectivity index (χ0) is 13.0. The van der Waals surface area contributed by atoms with Crippen molar-refractivity contribution in [1.82, 2.24) is 0 Å². The Morgan fingerprint density at radius 3 is 2.22 bits per heavy atom. The van der Waals surface area contributed by atoms with Gasteiger partial charge in [0, 0.05) is 5.56 Å². The van der Waals surface area contributed by atoms with Crippen LogP contribution >= 0.6 is 0 Å². The summed E-state index contributed by atoms with van der Waals surface area (Å²) < 4.78 is 10.5. The number of hydrogen-bond acceptors (Lipinski definition) is 3. The van der Waals surface area contributed by atoms with Crippen molar-refractivity contribution in [3.05, 3.63) is 48.0 Å². The topological polar surface area (TPSA) is 35.5 Å². The molecule has 0 spiro atoms. The Morgan fingerprint density at radius 1 is 0.944 bits per heavy atom. The first kappa shape index (κ1) is 12.2. The van der Waals surface area contributed by atoms with Crippen LogP contribution in [0.5, 0.6) is 11.5 Å². The quantitative estimate of drug-likeness (QED) is 0.772. The molecule has 3 heteroatoms. The fourth-order valence-corrected chi connectivity index (χ4v) is 1.94. The molecule has 0 amide bonds. The van der Waals surface area contributed by atoms with E-state index in [1.54, 1.807) is 13.2 Å². The maximum Gasteiger partial charge on any atom is 0.157 e. The monoisotopic (exact) mass is 242 g/mol. The smallest absolute Gasteiger partial charge is 0.157 e. The van der Waals surface area contributed by atoms with Crippen LogP contribution in [0.15, 0.2) is 42.5 Å². The average Bonchev–Trinajstić information content (AvgIpc) is 2.46. The van der Waals surface area contributed by atoms with Gasteiger partial charge in [-0.05, 0) is 17.7 Å². The summed E-state index contributed by atoms with van der Waals surface area (Å²) in [6.07, 6.45) is 0.754. The summed E-state index contributed by atoms with van der Waals surface area (Å²) >= 11 is 0. The lowest BCUT2D eigenvalue weighted by molar-refractivity contribution is 0.111. The highest BCUT2D eigenvalue weighted by molar-refractivity contribution is 5.89. The Balaban J connectivity index is 2.66. The predicted molar refractivity (Wildman–Crippen MR) is 70.4 cm³/mol. The molecule has 0 fully saturated rings. The van der Waals surface area contributed by atoms with Crippen LogP contribution in [0.1, 0.15) is 10.4 Å². The normalized spacial score (nSPS) is 9.89. The van der Waals surface area contributed by atoms with Gasteiger partial charge in [0.05, 0.1) is 19.8 Å². The molecule has 92 valence electrons. The average molecular weight is 242 g/mol. The number of aldehydes is 1. The molecule has 0 bridgehead atoms. The van der Waals surface area contributed by atoms with Crippen LogP contribution in [0.2, 0.25) is 0 Å². The Bertz CT molecular complexity index is 547. The summed E-state index contributed by atoms with van der Waals surface area (Å²) in [5.74, 6) is 1.05. The first-order valence-corrected chi connectivity index (χ1v) is 5.57.